The van der Waals surface area contributed by atoms with Crippen LogP contribution in [0.4, 0.5) is 18.9 Å². The van der Waals surface area contributed by atoms with E-state index in [9.17, 15) is 18.0 Å². The highest BCUT2D eigenvalue weighted by molar-refractivity contribution is 6.18. The summed E-state index contributed by atoms with van der Waals surface area (Å²) in [5, 5.41) is 8.70. The van der Waals surface area contributed by atoms with E-state index in [1.165, 1.54) is 6.07 Å². The second-order valence-electron chi connectivity index (χ2n) is 4.57. The van der Waals surface area contributed by atoms with E-state index in [0.29, 0.717) is 0 Å². The molecule has 7 heteroatoms. The predicted octanol–water partition coefficient (Wildman–Crippen LogP) is 3.17. The lowest BCUT2D eigenvalue weighted by molar-refractivity contribution is -0.137. The molecule has 1 amide bonds. The molecule has 1 fully saturated rings. The number of rotatable bonds is 2. The van der Waals surface area contributed by atoms with Gasteiger partial charge in [0, 0.05) is 18.8 Å². The van der Waals surface area contributed by atoms with Gasteiger partial charge in [0.2, 0.25) is 5.91 Å². The number of alkyl halides is 4. The lowest BCUT2D eigenvalue weighted by atomic mass is 10.1. The standard InChI is InChI=1S/C13H10ClF3N2O/c14-5-9-4-12(20)19(7-9)11-2-1-8(6-18)3-10(11)13(15,16)17/h1-3,9H,4-5,7H2. The first-order valence-electron chi connectivity index (χ1n) is 5.84. The van der Waals surface area contributed by atoms with Gasteiger partial charge in [0.05, 0.1) is 22.9 Å². The van der Waals surface area contributed by atoms with E-state index in [-0.39, 0.29) is 41.9 Å². The zero-order chi connectivity index (χ0) is 14.9. The van der Waals surface area contributed by atoms with Crippen LogP contribution in [0.1, 0.15) is 17.5 Å². The van der Waals surface area contributed by atoms with Crippen molar-refractivity contribution in [2.75, 3.05) is 17.3 Å². The second kappa shape index (κ2) is 5.33. The second-order valence-corrected chi connectivity index (χ2v) is 4.88. The van der Waals surface area contributed by atoms with Gasteiger partial charge in [-0.25, -0.2) is 0 Å². The topological polar surface area (TPSA) is 44.1 Å². The van der Waals surface area contributed by atoms with Crippen LogP contribution in [0, 0.1) is 17.2 Å². The van der Waals surface area contributed by atoms with Crippen LogP contribution in [0.3, 0.4) is 0 Å². The molecule has 2 rings (SSSR count). The van der Waals surface area contributed by atoms with E-state index >= 15 is 0 Å². The molecule has 0 N–H and O–H groups in total. The fourth-order valence-corrected chi connectivity index (χ4v) is 2.39. The Kier molecular flexibility index (Phi) is 3.91. The highest BCUT2D eigenvalue weighted by Gasteiger charge is 2.39. The maximum absolute atomic E-state index is 13.1. The zero-order valence-corrected chi connectivity index (χ0v) is 11.0. The fraction of sp³-hybridized carbons (Fsp3) is 0.385. The maximum atomic E-state index is 13.1. The van der Waals surface area contributed by atoms with Crippen molar-refractivity contribution < 1.29 is 18.0 Å². The summed E-state index contributed by atoms with van der Waals surface area (Å²) >= 11 is 5.66. The van der Waals surface area contributed by atoms with Crippen LogP contribution in [0.5, 0.6) is 0 Å². The number of benzene rings is 1. The molecule has 20 heavy (non-hydrogen) atoms. The third kappa shape index (κ3) is 2.73. The van der Waals surface area contributed by atoms with Crippen LogP contribution in [-0.2, 0) is 11.0 Å². The van der Waals surface area contributed by atoms with Crippen LogP contribution < -0.4 is 4.90 Å². The van der Waals surface area contributed by atoms with E-state index in [4.69, 9.17) is 16.9 Å². The maximum Gasteiger partial charge on any atom is 0.418 e. The van der Waals surface area contributed by atoms with Gasteiger partial charge in [0.25, 0.3) is 0 Å². The lowest BCUT2D eigenvalue weighted by Gasteiger charge is -2.21. The molecular formula is C13H10ClF3N2O. The van der Waals surface area contributed by atoms with Crippen molar-refractivity contribution >= 4 is 23.2 Å². The van der Waals surface area contributed by atoms with E-state index in [0.717, 1.165) is 17.0 Å². The van der Waals surface area contributed by atoms with Crippen molar-refractivity contribution in [1.82, 2.24) is 0 Å². The fourth-order valence-electron chi connectivity index (χ4n) is 2.19. The number of anilines is 1. The van der Waals surface area contributed by atoms with Gasteiger partial charge in [0.1, 0.15) is 0 Å². The first-order chi connectivity index (χ1) is 9.36. The molecule has 0 bridgehead atoms. The van der Waals surface area contributed by atoms with E-state index in [1.54, 1.807) is 6.07 Å². The summed E-state index contributed by atoms with van der Waals surface area (Å²) < 4.78 is 39.2. The molecule has 3 nitrogen and oxygen atoms in total. The minimum Gasteiger partial charge on any atom is -0.311 e. The van der Waals surface area contributed by atoms with Crippen molar-refractivity contribution in [3.05, 3.63) is 29.3 Å². The lowest BCUT2D eigenvalue weighted by Crippen LogP contribution is -2.27. The van der Waals surface area contributed by atoms with Crippen LogP contribution in [0.2, 0.25) is 0 Å². The molecule has 1 heterocycles. The third-order valence-corrected chi connectivity index (χ3v) is 3.58. The molecule has 0 saturated carbocycles. The van der Waals surface area contributed by atoms with Gasteiger partial charge in [-0.2, -0.15) is 18.4 Å². The van der Waals surface area contributed by atoms with Crippen LogP contribution in [0.25, 0.3) is 0 Å². The molecule has 1 atom stereocenters. The molecule has 1 saturated heterocycles. The number of hydrogen-bond acceptors (Lipinski definition) is 2. The van der Waals surface area contributed by atoms with Gasteiger partial charge in [-0.1, -0.05) is 0 Å². The highest BCUT2D eigenvalue weighted by atomic mass is 35.5. The Morgan fingerprint density at radius 3 is 2.65 bits per heavy atom. The van der Waals surface area contributed by atoms with Crippen molar-refractivity contribution in [2.24, 2.45) is 5.92 Å². The monoisotopic (exact) mass is 302 g/mol. The number of nitriles is 1. The Morgan fingerprint density at radius 1 is 1.45 bits per heavy atom. The number of halogens is 4. The third-order valence-electron chi connectivity index (χ3n) is 3.15. The highest BCUT2D eigenvalue weighted by Crippen LogP contribution is 2.39. The average Bonchev–Trinajstić information content (AvgIpc) is 2.78. The smallest absolute Gasteiger partial charge is 0.311 e. The quantitative estimate of drug-likeness (QED) is 0.788. The minimum atomic E-state index is -4.62. The Balaban J connectivity index is 2.47. The normalized spacial score (nSPS) is 19.2. The van der Waals surface area contributed by atoms with E-state index < -0.39 is 11.7 Å². The summed E-state index contributed by atoms with van der Waals surface area (Å²) in [5.74, 6) is -0.313. The molecule has 106 valence electrons. The summed E-state index contributed by atoms with van der Waals surface area (Å²) in [6.07, 6.45) is -4.48. The van der Waals surface area contributed by atoms with Crippen molar-refractivity contribution in [3.63, 3.8) is 0 Å². The summed E-state index contributed by atoms with van der Waals surface area (Å²) in [6.45, 7) is 0.164. The van der Waals surface area contributed by atoms with Gasteiger partial charge in [-0.15, -0.1) is 11.6 Å². The van der Waals surface area contributed by atoms with Gasteiger partial charge >= 0.3 is 6.18 Å². The zero-order valence-electron chi connectivity index (χ0n) is 10.2. The predicted molar refractivity (Wildman–Crippen MR) is 67.3 cm³/mol. The summed E-state index contributed by atoms with van der Waals surface area (Å²) in [6, 6.07) is 4.86. The molecule has 0 aromatic heterocycles. The molecule has 1 unspecified atom stereocenters. The molecule has 1 aliphatic heterocycles. The SMILES string of the molecule is N#Cc1ccc(N2CC(CCl)CC2=O)c(C(F)(F)F)c1. The van der Waals surface area contributed by atoms with Crippen molar-refractivity contribution in [3.8, 4) is 6.07 Å². The van der Waals surface area contributed by atoms with Gasteiger partial charge in [-0.3, -0.25) is 4.79 Å². The first kappa shape index (κ1) is 14.7. The van der Waals surface area contributed by atoms with E-state index in [1.807, 2.05) is 0 Å². The number of nitrogens with zero attached hydrogens (tertiary/aromatic N) is 2. The summed E-state index contributed by atoms with van der Waals surface area (Å²) in [5.41, 5.74) is -1.28. The Bertz CT molecular complexity index is 580. The van der Waals surface area contributed by atoms with Gasteiger partial charge in [-0.05, 0) is 24.1 Å². The van der Waals surface area contributed by atoms with Crippen molar-refractivity contribution in [2.45, 2.75) is 12.6 Å². The molecule has 0 aliphatic carbocycles. The number of hydrogen-bond donors (Lipinski definition) is 0. The number of carbonyl (C=O) groups is 1. The molecule has 1 aromatic rings. The van der Waals surface area contributed by atoms with E-state index in [2.05, 4.69) is 0 Å². The largest absolute Gasteiger partial charge is 0.418 e. The molecule has 1 aliphatic rings. The van der Waals surface area contributed by atoms with Crippen LogP contribution in [-0.4, -0.2) is 18.3 Å². The Hall–Kier alpha value is -1.74. The van der Waals surface area contributed by atoms with Gasteiger partial charge in [0.15, 0.2) is 0 Å². The minimum absolute atomic E-state index is 0.0957. The average molecular weight is 303 g/mol. The first-order valence-corrected chi connectivity index (χ1v) is 6.38. The summed E-state index contributed by atoms with van der Waals surface area (Å²) in [4.78, 5) is 12.9. The number of amides is 1. The molecule has 1 aromatic carbocycles. The Morgan fingerprint density at radius 2 is 2.15 bits per heavy atom. The van der Waals surface area contributed by atoms with Gasteiger partial charge < -0.3 is 4.90 Å². The molecule has 0 spiro atoms. The number of carbonyl (C=O) groups excluding carboxylic acids is 1. The van der Waals surface area contributed by atoms with Crippen LogP contribution >= 0.6 is 11.6 Å². The Labute approximate surface area is 118 Å². The summed E-state index contributed by atoms with van der Waals surface area (Å²) in [7, 11) is 0. The molecule has 0 radical (unpaired) electrons. The van der Waals surface area contributed by atoms with Crippen molar-refractivity contribution in [1.29, 1.82) is 5.26 Å². The molecular weight excluding hydrogens is 293 g/mol. The van der Waals surface area contributed by atoms with Crippen LogP contribution in [0.15, 0.2) is 18.2 Å².